The second kappa shape index (κ2) is 4.40. The van der Waals surface area contributed by atoms with Crippen LogP contribution in [0.15, 0.2) is 18.2 Å². The fourth-order valence-electron chi connectivity index (χ4n) is 1.58. The molecule has 0 bridgehead atoms. The summed E-state index contributed by atoms with van der Waals surface area (Å²) in [6.45, 7) is 2.83. The smallest absolute Gasteiger partial charge is 0.131 e. The number of carbonyl (C=O) groups excluding carboxylic acids is 1. The lowest BCUT2D eigenvalue weighted by Gasteiger charge is -2.20. The number of hydrogen-bond donors (Lipinski definition) is 0. The highest BCUT2D eigenvalue weighted by Gasteiger charge is 2.29. The molecule has 16 heavy (non-hydrogen) atoms. The second-order valence-electron chi connectivity index (χ2n) is 3.98. The van der Waals surface area contributed by atoms with E-state index in [-0.39, 0.29) is 17.8 Å². The van der Waals surface area contributed by atoms with E-state index in [0.29, 0.717) is 0 Å². The van der Waals surface area contributed by atoms with Crippen molar-refractivity contribution >= 4 is 5.78 Å². The Hall–Kier alpha value is -1.76. The topological polar surface area (TPSA) is 40.9 Å². The lowest BCUT2D eigenvalue weighted by Crippen LogP contribution is -2.23. The molecule has 2 nitrogen and oxygen atoms in total. The maximum Gasteiger partial charge on any atom is 0.131 e. The van der Waals surface area contributed by atoms with E-state index in [1.165, 1.54) is 13.8 Å². The van der Waals surface area contributed by atoms with E-state index < -0.39 is 17.0 Å². The number of Topliss-reactive ketones (excluding diaryl/α,β-unsaturated/α-hetero) is 1. The van der Waals surface area contributed by atoms with Gasteiger partial charge in [-0.25, -0.2) is 8.78 Å². The molecule has 0 aliphatic rings. The summed E-state index contributed by atoms with van der Waals surface area (Å²) < 4.78 is 26.0. The van der Waals surface area contributed by atoms with Gasteiger partial charge in [-0.2, -0.15) is 5.26 Å². The molecule has 0 aromatic heterocycles. The summed E-state index contributed by atoms with van der Waals surface area (Å²) in [4.78, 5) is 11.0. The molecule has 0 spiro atoms. The van der Waals surface area contributed by atoms with Gasteiger partial charge < -0.3 is 0 Å². The summed E-state index contributed by atoms with van der Waals surface area (Å²) in [5.74, 6) is -1.70. The van der Waals surface area contributed by atoms with Crippen molar-refractivity contribution in [2.75, 3.05) is 0 Å². The number of carbonyl (C=O) groups is 1. The molecule has 0 saturated heterocycles. The summed E-state index contributed by atoms with van der Waals surface area (Å²) >= 11 is 0. The van der Waals surface area contributed by atoms with Gasteiger partial charge in [0.15, 0.2) is 0 Å². The number of benzene rings is 1. The van der Waals surface area contributed by atoms with Crippen LogP contribution in [-0.4, -0.2) is 5.78 Å². The molecule has 0 fully saturated rings. The Labute approximate surface area is 92.5 Å². The first-order valence-electron chi connectivity index (χ1n) is 4.74. The third kappa shape index (κ3) is 2.63. The van der Waals surface area contributed by atoms with Gasteiger partial charge in [-0.1, -0.05) is 0 Å². The average molecular weight is 223 g/mol. The summed E-state index contributed by atoms with van der Waals surface area (Å²) in [7, 11) is 0. The molecule has 1 atom stereocenters. The van der Waals surface area contributed by atoms with Crippen LogP contribution in [0.3, 0.4) is 0 Å². The van der Waals surface area contributed by atoms with E-state index in [1.807, 2.05) is 6.07 Å². The van der Waals surface area contributed by atoms with Crippen LogP contribution in [-0.2, 0) is 10.2 Å². The number of halogens is 2. The van der Waals surface area contributed by atoms with Gasteiger partial charge >= 0.3 is 0 Å². The van der Waals surface area contributed by atoms with Crippen LogP contribution >= 0.6 is 0 Å². The van der Waals surface area contributed by atoms with Gasteiger partial charge in [-0.3, -0.25) is 4.79 Å². The molecule has 0 amide bonds. The van der Waals surface area contributed by atoms with Crippen molar-refractivity contribution < 1.29 is 13.6 Å². The highest BCUT2D eigenvalue weighted by molar-refractivity contribution is 5.77. The third-order valence-corrected chi connectivity index (χ3v) is 2.35. The van der Waals surface area contributed by atoms with E-state index in [1.54, 1.807) is 0 Å². The summed E-state index contributed by atoms with van der Waals surface area (Å²) in [5.41, 5.74) is -1.00. The molecule has 1 unspecified atom stereocenters. The predicted molar refractivity (Wildman–Crippen MR) is 54.6 cm³/mol. The molecule has 0 saturated carbocycles. The Morgan fingerprint density at radius 2 is 1.88 bits per heavy atom. The van der Waals surface area contributed by atoms with Crippen LogP contribution < -0.4 is 0 Å². The average Bonchev–Trinajstić information content (AvgIpc) is 2.15. The van der Waals surface area contributed by atoms with Crippen molar-refractivity contribution in [2.24, 2.45) is 0 Å². The van der Waals surface area contributed by atoms with Crippen LogP contribution in [0.5, 0.6) is 0 Å². The predicted octanol–water partition coefficient (Wildman–Crippen LogP) is 2.73. The maximum atomic E-state index is 13.0. The molecule has 0 radical (unpaired) electrons. The zero-order valence-corrected chi connectivity index (χ0v) is 9.05. The quantitative estimate of drug-likeness (QED) is 0.790. The third-order valence-electron chi connectivity index (χ3n) is 2.35. The van der Waals surface area contributed by atoms with Crippen LogP contribution in [0.4, 0.5) is 8.78 Å². The fraction of sp³-hybridized carbons (Fsp3) is 0.333. The molecule has 1 aromatic carbocycles. The van der Waals surface area contributed by atoms with Gasteiger partial charge in [0.2, 0.25) is 0 Å². The molecule has 0 heterocycles. The van der Waals surface area contributed by atoms with Crippen molar-refractivity contribution in [1.82, 2.24) is 0 Å². The van der Waals surface area contributed by atoms with Crippen molar-refractivity contribution in [3.8, 4) is 6.07 Å². The Morgan fingerprint density at radius 3 is 2.25 bits per heavy atom. The lowest BCUT2D eigenvalue weighted by atomic mass is 9.80. The molecule has 4 heteroatoms. The van der Waals surface area contributed by atoms with E-state index in [2.05, 4.69) is 0 Å². The van der Waals surface area contributed by atoms with Crippen LogP contribution in [0.1, 0.15) is 25.8 Å². The summed E-state index contributed by atoms with van der Waals surface area (Å²) in [6.07, 6.45) is -0.0631. The second-order valence-corrected chi connectivity index (χ2v) is 3.98. The minimum atomic E-state index is -1.19. The Balaban J connectivity index is 3.23. The van der Waals surface area contributed by atoms with E-state index in [0.717, 1.165) is 18.2 Å². The molecular formula is C12H11F2NO. The molecule has 0 N–H and O–H groups in total. The minimum absolute atomic E-state index is 0.0631. The standard InChI is InChI=1S/C12H11F2NO/c1-8(16)6-12(2,7-15)9-3-10(13)5-11(14)4-9/h3-5H,6H2,1-2H3. The molecule has 0 aliphatic heterocycles. The summed E-state index contributed by atoms with van der Waals surface area (Å²) in [6, 6.07) is 4.81. The van der Waals surface area contributed by atoms with Crippen LogP contribution in [0.25, 0.3) is 0 Å². The van der Waals surface area contributed by atoms with Crippen molar-refractivity contribution in [2.45, 2.75) is 25.7 Å². The van der Waals surface area contributed by atoms with Gasteiger partial charge in [-0.05, 0) is 31.5 Å². The molecule has 0 aliphatic carbocycles. The molecule has 1 rings (SSSR count). The fourth-order valence-corrected chi connectivity index (χ4v) is 1.58. The first-order chi connectivity index (χ1) is 7.37. The largest absolute Gasteiger partial charge is 0.300 e. The van der Waals surface area contributed by atoms with Crippen molar-refractivity contribution in [3.63, 3.8) is 0 Å². The summed E-state index contributed by atoms with van der Waals surface area (Å²) in [5, 5.41) is 9.02. The van der Waals surface area contributed by atoms with Crippen molar-refractivity contribution in [1.29, 1.82) is 5.26 Å². The van der Waals surface area contributed by atoms with Gasteiger partial charge in [-0.15, -0.1) is 0 Å². The van der Waals surface area contributed by atoms with E-state index in [9.17, 15) is 13.6 Å². The normalized spacial score (nSPS) is 13.9. The maximum absolute atomic E-state index is 13.0. The zero-order valence-electron chi connectivity index (χ0n) is 9.05. The minimum Gasteiger partial charge on any atom is -0.300 e. The monoisotopic (exact) mass is 223 g/mol. The zero-order chi connectivity index (χ0) is 12.3. The Kier molecular flexibility index (Phi) is 3.38. The van der Waals surface area contributed by atoms with Crippen LogP contribution in [0, 0.1) is 23.0 Å². The Morgan fingerprint density at radius 1 is 1.38 bits per heavy atom. The van der Waals surface area contributed by atoms with Gasteiger partial charge in [0.25, 0.3) is 0 Å². The van der Waals surface area contributed by atoms with Gasteiger partial charge in [0, 0.05) is 12.5 Å². The SMILES string of the molecule is CC(=O)CC(C)(C#N)c1cc(F)cc(F)c1. The molecule has 84 valence electrons. The first-order valence-corrected chi connectivity index (χ1v) is 4.74. The number of nitrogens with zero attached hydrogens (tertiary/aromatic N) is 1. The molecular weight excluding hydrogens is 212 g/mol. The number of ketones is 1. The van der Waals surface area contributed by atoms with Crippen molar-refractivity contribution in [3.05, 3.63) is 35.4 Å². The number of hydrogen-bond acceptors (Lipinski definition) is 2. The Bertz CT molecular complexity index is 444. The van der Waals surface area contributed by atoms with E-state index in [4.69, 9.17) is 5.26 Å². The number of rotatable bonds is 3. The highest BCUT2D eigenvalue weighted by atomic mass is 19.1. The molecule has 1 aromatic rings. The highest BCUT2D eigenvalue weighted by Crippen LogP contribution is 2.28. The number of nitriles is 1. The van der Waals surface area contributed by atoms with Gasteiger partial charge in [0.05, 0.1) is 11.5 Å². The van der Waals surface area contributed by atoms with Crippen LogP contribution in [0.2, 0.25) is 0 Å². The van der Waals surface area contributed by atoms with Gasteiger partial charge in [0.1, 0.15) is 17.4 Å². The lowest BCUT2D eigenvalue weighted by molar-refractivity contribution is -0.117. The first kappa shape index (κ1) is 12.3. The van der Waals surface area contributed by atoms with E-state index >= 15 is 0 Å².